The van der Waals surface area contributed by atoms with Gasteiger partial charge in [-0.2, -0.15) is 5.10 Å². The van der Waals surface area contributed by atoms with Gasteiger partial charge in [-0.3, -0.25) is 4.68 Å². The van der Waals surface area contributed by atoms with Crippen LogP contribution in [0.4, 0.5) is 0 Å². The van der Waals surface area contributed by atoms with Crippen LogP contribution in [0.2, 0.25) is 0 Å². The molecule has 0 spiro atoms. The Bertz CT molecular complexity index is 372. The zero-order valence-corrected chi connectivity index (χ0v) is 11.6. The molecule has 1 heterocycles. The van der Waals surface area contributed by atoms with Crippen molar-refractivity contribution in [1.82, 2.24) is 9.78 Å². The molecule has 17 heavy (non-hydrogen) atoms. The molecule has 1 rings (SSSR count). The monoisotopic (exact) mass is 237 g/mol. The van der Waals surface area contributed by atoms with Crippen molar-refractivity contribution < 1.29 is 9.76 Å². The molecule has 0 bridgehead atoms. The molecular weight excluding hydrogens is 215 g/mol. The average molecular weight is 237 g/mol. The Kier molecular flexibility index (Phi) is 4.04. The number of aliphatic hydroxyl groups is 1. The predicted molar refractivity (Wildman–Crippen MR) is 69.2 cm³/mol. The molecule has 0 amide bonds. The van der Waals surface area contributed by atoms with E-state index in [1.165, 1.54) is 0 Å². The lowest BCUT2D eigenvalue weighted by Crippen LogP contribution is -2.54. The van der Waals surface area contributed by atoms with Crippen LogP contribution < -0.4 is 5.46 Å². The number of nitrogens with zero attached hydrogens (tertiary/aromatic N) is 2. The lowest BCUT2D eigenvalue weighted by molar-refractivity contribution is -0.129. The van der Waals surface area contributed by atoms with Crippen molar-refractivity contribution in [3.63, 3.8) is 0 Å². The van der Waals surface area contributed by atoms with E-state index in [0.717, 1.165) is 5.46 Å². The maximum Gasteiger partial charge on any atom is 0.334 e. The van der Waals surface area contributed by atoms with Crippen LogP contribution in [0.25, 0.3) is 0 Å². The van der Waals surface area contributed by atoms with Crippen molar-refractivity contribution in [2.75, 3.05) is 0 Å². The molecule has 0 aromatic carbocycles. The summed E-state index contributed by atoms with van der Waals surface area (Å²) in [6.45, 7) is 9.54. The summed E-state index contributed by atoms with van der Waals surface area (Å²) in [6.07, 6.45) is 3.58. The molecule has 0 saturated heterocycles. The predicted octanol–water partition coefficient (Wildman–Crippen LogP) is 0.867. The Labute approximate surface area is 104 Å². The Morgan fingerprint density at radius 3 is 2.41 bits per heavy atom. The summed E-state index contributed by atoms with van der Waals surface area (Å²) in [5.74, 6) is 0.111. The topological polar surface area (TPSA) is 47.3 Å². The molecule has 0 aliphatic rings. The summed E-state index contributed by atoms with van der Waals surface area (Å²) in [6, 6.07) is 0. The lowest BCUT2D eigenvalue weighted by Gasteiger charge is -2.43. The quantitative estimate of drug-likeness (QED) is 0.773. The smallest absolute Gasteiger partial charge is 0.334 e. The summed E-state index contributed by atoms with van der Waals surface area (Å²) < 4.78 is 7.44. The maximum absolute atomic E-state index is 10.4. The van der Waals surface area contributed by atoms with Crippen LogP contribution in [-0.4, -0.2) is 33.6 Å². The van der Waals surface area contributed by atoms with Crippen molar-refractivity contribution in [1.29, 1.82) is 0 Å². The normalized spacial score (nSPS) is 16.0. The van der Waals surface area contributed by atoms with Gasteiger partial charge in [0.2, 0.25) is 0 Å². The van der Waals surface area contributed by atoms with Gasteiger partial charge in [0.1, 0.15) is 0 Å². The van der Waals surface area contributed by atoms with E-state index in [9.17, 15) is 5.11 Å². The van der Waals surface area contributed by atoms with E-state index in [1.54, 1.807) is 25.3 Å². The molecule has 1 N–H and O–H groups in total. The first-order chi connectivity index (χ1) is 7.67. The average Bonchev–Trinajstić information content (AvgIpc) is 2.61. The third kappa shape index (κ3) is 3.10. The fourth-order valence-corrected chi connectivity index (χ4v) is 1.53. The molecule has 0 aliphatic carbocycles. The third-order valence-corrected chi connectivity index (χ3v) is 3.56. The molecule has 0 unspecified atom stereocenters. The van der Waals surface area contributed by atoms with Crippen LogP contribution >= 0.6 is 0 Å². The van der Waals surface area contributed by atoms with Crippen LogP contribution in [-0.2, 0) is 11.7 Å². The molecule has 1 aromatic rings. The van der Waals surface area contributed by atoms with Crippen LogP contribution in [0.1, 0.15) is 34.6 Å². The van der Waals surface area contributed by atoms with Gasteiger partial charge in [0, 0.05) is 19.4 Å². The van der Waals surface area contributed by atoms with Gasteiger partial charge >= 0.3 is 7.48 Å². The van der Waals surface area contributed by atoms with E-state index < -0.39 is 11.2 Å². The Morgan fingerprint density at radius 1 is 1.41 bits per heavy atom. The highest BCUT2D eigenvalue weighted by molar-refractivity contribution is 6.46. The van der Waals surface area contributed by atoms with Gasteiger partial charge in [-0.25, -0.2) is 0 Å². The highest BCUT2D eigenvalue weighted by Gasteiger charge is 2.42. The Hall–Kier alpha value is -0.805. The zero-order valence-electron chi connectivity index (χ0n) is 11.6. The maximum atomic E-state index is 10.4. The highest BCUT2D eigenvalue weighted by Crippen LogP contribution is 2.31. The van der Waals surface area contributed by atoms with Crippen molar-refractivity contribution >= 4 is 12.9 Å². The Morgan fingerprint density at radius 2 is 2.00 bits per heavy atom. The molecule has 1 aromatic heterocycles. The Balaban J connectivity index is 2.67. The van der Waals surface area contributed by atoms with Crippen molar-refractivity contribution in [2.24, 2.45) is 13.0 Å². The van der Waals surface area contributed by atoms with Gasteiger partial charge < -0.3 is 9.76 Å². The largest absolute Gasteiger partial charge is 0.426 e. The van der Waals surface area contributed by atoms with Gasteiger partial charge in [-0.1, -0.05) is 13.8 Å². The second-order valence-electron chi connectivity index (χ2n) is 5.50. The van der Waals surface area contributed by atoms with Crippen LogP contribution in [0.15, 0.2) is 12.4 Å². The fourth-order valence-electron chi connectivity index (χ4n) is 1.53. The summed E-state index contributed by atoms with van der Waals surface area (Å²) >= 11 is 0. The molecule has 0 aliphatic heterocycles. The van der Waals surface area contributed by atoms with E-state index in [0.29, 0.717) is 0 Å². The molecular formula is C12H22BN2O2. The van der Waals surface area contributed by atoms with E-state index in [1.807, 2.05) is 40.9 Å². The van der Waals surface area contributed by atoms with Gasteiger partial charge in [-0.05, 0) is 32.2 Å². The number of hydrogen-bond donors (Lipinski definition) is 1. The number of aromatic nitrogens is 2. The first kappa shape index (κ1) is 14.3. The summed E-state index contributed by atoms with van der Waals surface area (Å²) in [5.41, 5.74) is -0.664. The van der Waals surface area contributed by atoms with Gasteiger partial charge in [0.15, 0.2) is 0 Å². The SMILES string of the molecule is CC(C)[C@@](C)(O)C(C)(C)O[B]c1cnn(C)c1. The van der Waals surface area contributed by atoms with E-state index in [4.69, 9.17) is 4.65 Å². The van der Waals surface area contributed by atoms with Crippen LogP contribution in [0, 0.1) is 5.92 Å². The number of rotatable bonds is 5. The molecule has 1 atom stereocenters. The number of hydrogen-bond acceptors (Lipinski definition) is 3. The van der Waals surface area contributed by atoms with E-state index >= 15 is 0 Å². The molecule has 0 saturated carbocycles. The molecule has 4 nitrogen and oxygen atoms in total. The van der Waals surface area contributed by atoms with E-state index in [-0.39, 0.29) is 5.92 Å². The summed E-state index contributed by atoms with van der Waals surface area (Å²) in [5, 5.41) is 14.5. The fraction of sp³-hybridized carbons (Fsp3) is 0.750. The first-order valence-corrected chi connectivity index (χ1v) is 5.89. The third-order valence-electron chi connectivity index (χ3n) is 3.56. The van der Waals surface area contributed by atoms with Gasteiger partial charge in [-0.15, -0.1) is 0 Å². The summed E-state index contributed by atoms with van der Waals surface area (Å²) in [7, 11) is 3.50. The summed E-state index contributed by atoms with van der Waals surface area (Å²) in [4.78, 5) is 0. The minimum atomic E-state index is -0.897. The van der Waals surface area contributed by atoms with E-state index in [2.05, 4.69) is 5.10 Å². The van der Waals surface area contributed by atoms with Gasteiger partial charge in [0.25, 0.3) is 0 Å². The lowest BCUT2D eigenvalue weighted by atomic mass is 9.76. The molecule has 0 fully saturated rings. The molecule has 95 valence electrons. The van der Waals surface area contributed by atoms with Crippen LogP contribution in [0.5, 0.6) is 0 Å². The molecule has 1 radical (unpaired) electrons. The minimum Gasteiger partial charge on any atom is -0.426 e. The second-order valence-corrected chi connectivity index (χ2v) is 5.50. The zero-order chi connectivity index (χ0) is 13.3. The van der Waals surface area contributed by atoms with Gasteiger partial charge in [0.05, 0.1) is 11.2 Å². The van der Waals surface area contributed by atoms with Crippen molar-refractivity contribution in [3.05, 3.63) is 12.4 Å². The highest BCUT2D eigenvalue weighted by atomic mass is 16.5. The van der Waals surface area contributed by atoms with Crippen molar-refractivity contribution in [3.8, 4) is 0 Å². The van der Waals surface area contributed by atoms with Crippen molar-refractivity contribution in [2.45, 2.75) is 45.8 Å². The second kappa shape index (κ2) is 4.82. The standard InChI is InChI=1S/C12H22BN2O2/c1-9(2)12(5,16)11(3,4)17-13-10-7-14-15(6)8-10/h7-9,16H,1-6H3/t12-/m1/s1. The first-order valence-electron chi connectivity index (χ1n) is 5.89. The van der Waals surface area contributed by atoms with Crippen LogP contribution in [0.3, 0.4) is 0 Å². The minimum absolute atomic E-state index is 0.111. The molecule has 5 heteroatoms. The number of aryl methyl sites for hydroxylation is 1.